The van der Waals surface area contributed by atoms with E-state index >= 15 is 0 Å². The zero-order chi connectivity index (χ0) is 19.3. The van der Waals surface area contributed by atoms with Crippen LogP contribution < -0.4 is 10.0 Å². The van der Waals surface area contributed by atoms with E-state index in [-0.39, 0.29) is 16.4 Å². The molecule has 0 aromatic carbocycles. The number of nitrogens with one attached hydrogen (secondary N) is 2. The molecule has 0 aliphatic heterocycles. The largest absolute Gasteiger partial charge is 0.416 e. The maximum atomic E-state index is 13.0. The Bertz CT molecular complexity index is 819. The first kappa shape index (κ1) is 20.1. The lowest BCUT2D eigenvalue weighted by Crippen LogP contribution is -2.34. The minimum absolute atomic E-state index is 0.0132. The van der Waals surface area contributed by atoms with Gasteiger partial charge in [0.1, 0.15) is 5.92 Å². The van der Waals surface area contributed by atoms with Crippen molar-refractivity contribution in [2.75, 3.05) is 7.05 Å². The maximum absolute atomic E-state index is 13.0. The van der Waals surface area contributed by atoms with Crippen molar-refractivity contribution in [3.63, 3.8) is 0 Å². The Balaban J connectivity index is 2.50. The van der Waals surface area contributed by atoms with E-state index in [4.69, 9.17) is 11.6 Å². The second-order valence-electron chi connectivity index (χ2n) is 4.85. The summed E-state index contributed by atoms with van der Waals surface area (Å²) in [6.45, 7) is 0. The van der Waals surface area contributed by atoms with Crippen LogP contribution >= 0.6 is 23.5 Å². The zero-order valence-electron chi connectivity index (χ0n) is 13.2. The average Bonchev–Trinajstić information content (AvgIpc) is 2.56. The summed E-state index contributed by atoms with van der Waals surface area (Å²) in [7, 11) is 1.47. The summed E-state index contributed by atoms with van der Waals surface area (Å²) < 4.78 is 41.4. The number of nitrogens with zero attached hydrogens (tertiary/aromatic N) is 2. The molecule has 0 fully saturated rings. The SMILES string of the molecule is CNSC(=O)NC(=O)C(c1cc(C(F)(F)F)ccn1)c1ncccc1Cl. The van der Waals surface area contributed by atoms with Crippen LogP contribution in [-0.4, -0.2) is 28.2 Å². The minimum atomic E-state index is -4.62. The molecule has 0 bridgehead atoms. The van der Waals surface area contributed by atoms with Gasteiger partial charge < -0.3 is 0 Å². The van der Waals surface area contributed by atoms with Gasteiger partial charge >= 0.3 is 11.4 Å². The Hall–Kier alpha value is -2.17. The Morgan fingerprint density at radius 2 is 1.96 bits per heavy atom. The molecule has 0 spiro atoms. The van der Waals surface area contributed by atoms with E-state index in [1.165, 1.54) is 25.4 Å². The molecule has 11 heteroatoms. The lowest BCUT2D eigenvalue weighted by atomic mass is 9.97. The lowest BCUT2D eigenvalue weighted by molar-refractivity contribution is -0.137. The molecule has 0 saturated carbocycles. The Kier molecular flexibility index (Phi) is 6.57. The lowest BCUT2D eigenvalue weighted by Gasteiger charge is -2.17. The van der Waals surface area contributed by atoms with E-state index in [0.29, 0.717) is 11.9 Å². The number of pyridine rings is 2. The molecule has 1 atom stereocenters. The van der Waals surface area contributed by atoms with Gasteiger partial charge in [0, 0.05) is 24.3 Å². The predicted molar refractivity (Wildman–Crippen MR) is 90.5 cm³/mol. The van der Waals surface area contributed by atoms with E-state index in [1.807, 2.05) is 0 Å². The molecular formula is C15H12ClF3N4O2S. The van der Waals surface area contributed by atoms with Crippen molar-refractivity contribution in [2.24, 2.45) is 0 Å². The highest BCUT2D eigenvalue weighted by atomic mass is 35.5. The van der Waals surface area contributed by atoms with E-state index < -0.39 is 28.8 Å². The molecular weight excluding hydrogens is 393 g/mol. The first-order valence-corrected chi connectivity index (χ1v) is 8.25. The van der Waals surface area contributed by atoms with Crippen LogP contribution in [0.5, 0.6) is 0 Å². The van der Waals surface area contributed by atoms with Crippen molar-refractivity contribution in [3.05, 3.63) is 58.6 Å². The first-order chi connectivity index (χ1) is 12.2. The van der Waals surface area contributed by atoms with Crippen LogP contribution in [0.3, 0.4) is 0 Å². The summed E-state index contributed by atoms with van der Waals surface area (Å²) in [4.78, 5) is 32.0. The Labute approximate surface area is 155 Å². The Morgan fingerprint density at radius 1 is 1.23 bits per heavy atom. The van der Waals surface area contributed by atoms with Gasteiger partial charge in [0.15, 0.2) is 0 Å². The third-order valence-electron chi connectivity index (χ3n) is 3.15. The fourth-order valence-electron chi connectivity index (χ4n) is 2.08. The number of amides is 2. The average molecular weight is 405 g/mol. The molecule has 2 heterocycles. The number of imide groups is 1. The van der Waals surface area contributed by atoms with Gasteiger partial charge in [0.05, 0.1) is 22.0 Å². The summed E-state index contributed by atoms with van der Waals surface area (Å²) in [5.41, 5.74) is -1.23. The quantitative estimate of drug-likeness (QED) is 0.760. The maximum Gasteiger partial charge on any atom is 0.416 e. The predicted octanol–water partition coefficient (Wildman–Crippen LogP) is 3.38. The fraction of sp³-hybridized carbons (Fsp3) is 0.200. The third-order valence-corrected chi connectivity index (χ3v) is 3.96. The van der Waals surface area contributed by atoms with Crippen molar-refractivity contribution >= 4 is 34.7 Å². The third kappa shape index (κ3) is 4.93. The van der Waals surface area contributed by atoms with Gasteiger partial charge in [-0.2, -0.15) is 13.2 Å². The van der Waals surface area contributed by atoms with Gasteiger partial charge in [0.2, 0.25) is 5.91 Å². The number of hydrogen-bond donors (Lipinski definition) is 2. The topological polar surface area (TPSA) is 84.0 Å². The molecule has 2 amide bonds. The second kappa shape index (κ2) is 8.47. The molecule has 2 rings (SSSR count). The molecule has 2 aromatic rings. The zero-order valence-corrected chi connectivity index (χ0v) is 14.7. The molecule has 0 radical (unpaired) electrons. The van der Waals surface area contributed by atoms with Gasteiger partial charge in [-0.3, -0.25) is 29.6 Å². The van der Waals surface area contributed by atoms with Gasteiger partial charge in [-0.05, 0) is 31.3 Å². The number of carbonyl (C=O) groups is 2. The number of alkyl halides is 3. The second-order valence-corrected chi connectivity index (χ2v) is 6.24. The summed E-state index contributed by atoms with van der Waals surface area (Å²) in [6, 6.07) is 4.44. The van der Waals surface area contributed by atoms with Crippen molar-refractivity contribution in [2.45, 2.75) is 12.1 Å². The van der Waals surface area contributed by atoms with Crippen LogP contribution in [0, 0.1) is 0 Å². The van der Waals surface area contributed by atoms with Gasteiger partial charge in [-0.1, -0.05) is 11.6 Å². The summed E-state index contributed by atoms with van der Waals surface area (Å²) in [6.07, 6.45) is -2.36. The van der Waals surface area contributed by atoms with Gasteiger partial charge in [-0.15, -0.1) is 0 Å². The number of halogens is 4. The number of aromatic nitrogens is 2. The number of carbonyl (C=O) groups excluding carboxylic acids is 2. The van der Waals surface area contributed by atoms with Crippen LogP contribution in [0.25, 0.3) is 0 Å². The van der Waals surface area contributed by atoms with Crippen molar-refractivity contribution in [1.29, 1.82) is 0 Å². The molecule has 138 valence electrons. The highest BCUT2D eigenvalue weighted by molar-refractivity contribution is 8.11. The van der Waals surface area contributed by atoms with Crippen molar-refractivity contribution < 1.29 is 22.8 Å². The molecule has 2 N–H and O–H groups in total. The molecule has 2 aromatic heterocycles. The van der Waals surface area contributed by atoms with E-state index in [2.05, 4.69) is 20.0 Å². The monoisotopic (exact) mass is 404 g/mol. The van der Waals surface area contributed by atoms with Crippen LogP contribution in [0.1, 0.15) is 22.9 Å². The fourth-order valence-corrected chi connectivity index (χ4v) is 2.65. The van der Waals surface area contributed by atoms with Crippen LogP contribution in [0.4, 0.5) is 18.0 Å². The van der Waals surface area contributed by atoms with Crippen LogP contribution in [0.2, 0.25) is 5.02 Å². The Morgan fingerprint density at radius 3 is 2.58 bits per heavy atom. The van der Waals surface area contributed by atoms with E-state index in [0.717, 1.165) is 18.3 Å². The first-order valence-electron chi connectivity index (χ1n) is 7.06. The molecule has 1 unspecified atom stereocenters. The van der Waals surface area contributed by atoms with Gasteiger partial charge in [-0.25, -0.2) is 0 Å². The minimum Gasteiger partial charge on any atom is -0.285 e. The van der Waals surface area contributed by atoms with Gasteiger partial charge in [0.25, 0.3) is 0 Å². The normalized spacial score (nSPS) is 12.5. The molecule has 0 aliphatic carbocycles. The summed E-state index contributed by atoms with van der Waals surface area (Å²) >= 11 is 6.65. The molecule has 6 nitrogen and oxygen atoms in total. The number of hydrogen-bond acceptors (Lipinski definition) is 6. The molecule has 26 heavy (non-hydrogen) atoms. The highest BCUT2D eigenvalue weighted by Crippen LogP contribution is 2.33. The van der Waals surface area contributed by atoms with Crippen LogP contribution in [-0.2, 0) is 11.0 Å². The van der Waals surface area contributed by atoms with Crippen molar-refractivity contribution in [3.8, 4) is 0 Å². The van der Waals surface area contributed by atoms with Crippen LogP contribution in [0.15, 0.2) is 36.7 Å². The number of rotatable bonds is 4. The summed E-state index contributed by atoms with van der Waals surface area (Å²) in [5, 5.41) is 1.39. The van der Waals surface area contributed by atoms with E-state index in [9.17, 15) is 22.8 Å². The standard InChI is InChI=1S/C15H12ClF3N4O2S/c1-20-26-14(25)23-13(24)11(12-9(16)3-2-5-22-12)10-7-8(4-6-21-10)15(17,18)19/h2-7,11,20H,1H3,(H,23,24,25). The summed E-state index contributed by atoms with van der Waals surface area (Å²) in [5.74, 6) is -2.29. The molecule has 0 saturated heterocycles. The highest BCUT2D eigenvalue weighted by Gasteiger charge is 2.34. The molecule has 0 aliphatic rings. The van der Waals surface area contributed by atoms with E-state index in [1.54, 1.807) is 0 Å². The smallest absolute Gasteiger partial charge is 0.285 e. The van der Waals surface area contributed by atoms with Crippen molar-refractivity contribution in [1.82, 2.24) is 20.0 Å².